The summed E-state index contributed by atoms with van der Waals surface area (Å²) in [6.07, 6.45) is 9.27. The molecule has 0 spiro atoms. The zero-order chi connectivity index (χ0) is 7.52. The summed E-state index contributed by atoms with van der Waals surface area (Å²) in [6.45, 7) is 0. The van der Waals surface area contributed by atoms with E-state index in [9.17, 15) is 0 Å². The van der Waals surface area contributed by atoms with Crippen molar-refractivity contribution in [3.05, 3.63) is 18.0 Å². The Hall–Kier alpha value is -0.790. The van der Waals surface area contributed by atoms with Gasteiger partial charge in [-0.25, -0.2) is 0 Å². The lowest BCUT2D eigenvalue weighted by Crippen LogP contribution is -2.04. The molecule has 0 amide bonds. The van der Waals surface area contributed by atoms with E-state index in [1.807, 2.05) is 6.07 Å². The van der Waals surface area contributed by atoms with Crippen LogP contribution in [0.4, 0.5) is 0 Å². The van der Waals surface area contributed by atoms with Gasteiger partial charge in [-0.15, -0.1) is 0 Å². The highest BCUT2D eigenvalue weighted by Crippen LogP contribution is 2.31. The van der Waals surface area contributed by atoms with Gasteiger partial charge in [0.1, 0.15) is 0 Å². The monoisotopic (exact) mass is 150 g/mol. The van der Waals surface area contributed by atoms with E-state index in [4.69, 9.17) is 4.52 Å². The fourth-order valence-corrected chi connectivity index (χ4v) is 1.78. The Morgan fingerprint density at radius 2 is 2.18 bits per heavy atom. The summed E-state index contributed by atoms with van der Waals surface area (Å²) >= 11 is 0. The Morgan fingerprint density at radius 1 is 1.36 bits per heavy atom. The van der Waals surface area contributed by atoms with Crippen LogP contribution in [0.5, 0.6) is 0 Å². The van der Waals surface area contributed by atoms with E-state index in [1.54, 1.807) is 0 Å². The molecule has 0 N–H and O–H groups in total. The molecular weight excluding hydrogens is 138 g/mol. The average Bonchev–Trinajstić information content (AvgIpc) is 2.58. The second-order valence-electron chi connectivity index (χ2n) is 3.20. The quantitative estimate of drug-likeness (QED) is 0.614. The molecule has 1 aliphatic carbocycles. The van der Waals surface area contributed by atoms with Crippen LogP contribution in [-0.2, 0) is 0 Å². The van der Waals surface area contributed by atoms with Gasteiger partial charge in [0, 0.05) is 12.0 Å². The van der Waals surface area contributed by atoms with Crippen LogP contribution in [0, 0.1) is 6.26 Å². The zero-order valence-electron chi connectivity index (χ0n) is 6.55. The Balaban J connectivity index is 2.04. The molecule has 1 aromatic rings. The Morgan fingerprint density at radius 3 is 2.82 bits per heavy atom. The summed E-state index contributed by atoms with van der Waals surface area (Å²) in [7, 11) is 0. The van der Waals surface area contributed by atoms with Gasteiger partial charge in [-0.2, -0.15) is 0 Å². The smallest absolute Gasteiger partial charge is 0.205 e. The van der Waals surface area contributed by atoms with Crippen LogP contribution in [0.15, 0.2) is 10.6 Å². The summed E-state index contributed by atoms with van der Waals surface area (Å²) in [4.78, 5) is 0. The molecule has 2 rings (SSSR count). The number of aromatic nitrogens is 1. The van der Waals surface area contributed by atoms with Crippen LogP contribution in [0.25, 0.3) is 0 Å². The second-order valence-corrected chi connectivity index (χ2v) is 3.20. The number of hydrogen-bond donors (Lipinski definition) is 0. The molecule has 2 heteroatoms. The van der Waals surface area contributed by atoms with Gasteiger partial charge in [0.05, 0.1) is 5.69 Å². The van der Waals surface area contributed by atoms with Gasteiger partial charge in [-0.05, 0) is 12.8 Å². The first-order valence-electron chi connectivity index (χ1n) is 4.29. The maximum absolute atomic E-state index is 4.69. The molecule has 2 nitrogen and oxygen atoms in total. The van der Waals surface area contributed by atoms with Crippen molar-refractivity contribution >= 4 is 0 Å². The van der Waals surface area contributed by atoms with E-state index in [0.29, 0.717) is 5.92 Å². The third-order valence-corrected chi connectivity index (χ3v) is 2.43. The molecule has 0 unspecified atom stereocenters. The molecule has 0 aliphatic heterocycles. The SMILES string of the molecule is [c]1cc(C2CCCCC2)no1. The summed E-state index contributed by atoms with van der Waals surface area (Å²) in [6, 6.07) is 1.87. The van der Waals surface area contributed by atoms with Crippen molar-refractivity contribution in [2.45, 2.75) is 38.0 Å². The van der Waals surface area contributed by atoms with Crippen molar-refractivity contribution in [1.29, 1.82) is 0 Å². The lowest BCUT2D eigenvalue weighted by atomic mass is 9.87. The Kier molecular flexibility index (Phi) is 1.93. The maximum Gasteiger partial charge on any atom is 0.205 e. The van der Waals surface area contributed by atoms with Crippen molar-refractivity contribution in [2.75, 3.05) is 0 Å². The predicted octanol–water partition coefficient (Wildman–Crippen LogP) is 2.52. The number of nitrogens with zero attached hydrogens (tertiary/aromatic N) is 1. The van der Waals surface area contributed by atoms with E-state index in [2.05, 4.69) is 11.4 Å². The molecule has 1 aliphatic rings. The third-order valence-electron chi connectivity index (χ3n) is 2.43. The topological polar surface area (TPSA) is 26.0 Å². The van der Waals surface area contributed by atoms with Crippen molar-refractivity contribution < 1.29 is 4.52 Å². The van der Waals surface area contributed by atoms with E-state index < -0.39 is 0 Å². The summed E-state index contributed by atoms with van der Waals surface area (Å²) in [5.74, 6) is 0.652. The minimum atomic E-state index is 0.652. The lowest BCUT2D eigenvalue weighted by Gasteiger charge is -2.18. The van der Waals surface area contributed by atoms with Gasteiger partial charge in [0.25, 0.3) is 0 Å². The normalized spacial score (nSPS) is 20.4. The molecule has 0 aromatic carbocycles. The fraction of sp³-hybridized carbons (Fsp3) is 0.667. The van der Waals surface area contributed by atoms with Crippen molar-refractivity contribution in [3.63, 3.8) is 0 Å². The largest absolute Gasteiger partial charge is 0.353 e. The standard InChI is InChI=1S/C9H12NO/c1-2-4-8(5-3-1)9-6-7-11-10-9/h6,8H,1-5H2. The number of hydrogen-bond acceptors (Lipinski definition) is 2. The van der Waals surface area contributed by atoms with Gasteiger partial charge in [-0.3, -0.25) is 0 Å². The fourth-order valence-electron chi connectivity index (χ4n) is 1.78. The third kappa shape index (κ3) is 1.44. The van der Waals surface area contributed by atoms with Gasteiger partial charge in [0.15, 0.2) is 0 Å². The Labute approximate surface area is 66.6 Å². The summed E-state index contributed by atoms with van der Waals surface area (Å²) in [5.41, 5.74) is 1.10. The molecule has 1 radical (unpaired) electrons. The highest BCUT2D eigenvalue weighted by Gasteiger charge is 2.17. The van der Waals surface area contributed by atoms with Gasteiger partial charge < -0.3 is 4.52 Å². The summed E-state index contributed by atoms with van der Waals surface area (Å²) in [5, 5.41) is 3.91. The molecule has 1 heterocycles. The van der Waals surface area contributed by atoms with Crippen LogP contribution in [0.1, 0.15) is 43.7 Å². The minimum Gasteiger partial charge on any atom is -0.353 e. The van der Waals surface area contributed by atoms with Crippen LogP contribution in [0.3, 0.4) is 0 Å². The second kappa shape index (κ2) is 3.07. The lowest BCUT2D eigenvalue weighted by molar-refractivity contribution is 0.376. The maximum atomic E-state index is 4.69. The molecule has 0 saturated heterocycles. The minimum absolute atomic E-state index is 0.652. The number of rotatable bonds is 1. The first-order valence-corrected chi connectivity index (χ1v) is 4.29. The average molecular weight is 150 g/mol. The highest BCUT2D eigenvalue weighted by molar-refractivity contribution is 5.03. The molecular formula is C9H12NO. The van der Waals surface area contributed by atoms with E-state index >= 15 is 0 Å². The van der Waals surface area contributed by atoms with Crippen LogP contribution in [-0.4, -0.2) is 5.16 Å². The molecule has 0 bridgehead atoms. The predicted molar refractivity (Wildman–Crippen MR) is 41.2 cm³/mol. The van der Waals surface area contributed by atoms with Crippen molar-refractivity contribution in [1.82, 2.24) is 5.16 Å². The molecule has 0 atom stereocenters. The van der Waals surface area contributed by atoms with Crippen LogP contribution < -0.4 is 0 Å². The molecule has 59 valence electrons. The molecule has 1 aromatic heterocycles. The van der Waals surface area contributed by atoms with Crippen LogP contribution >= 0.6 is 0 Å². The molecule has 11 heavy (non-hydrogen) atoms. The Bertz CT molecular complexity index is 199. The van der Waals surface area contributed by atoms with Crippen molar-refractivity contribution in [3.8, 4) is 0 Å². The van der Waals surface area contributed by atoms with Crippen molar-refractivity contribution in [2.24, 2.45) is 0 Å². The van der Waals surface area contributed by atoms with Crippen LogP contribution in [0.2, 0.25) is 0 Å². The zero-order valence-corrected chi connectivity index (χ0v) is 6.55. The van der Waals surface area contributed by atoms with E-state index in [-0.39, 0.29) is 0 Å². The van der Waals surface area contributed by atoms with E-state index in [1.165, 1.54) is 32.1 Å². The first-order chi connectivity index (χ1) is 5.47. The van der Waals surface area contributed by atoms with Gasteiger partial charge in [0.2, 0.25) is 6.26 Å². The molecule has 1 fully saturated rings. The summed E-state index contributed by atoms with van der Waals surface area (Å²) < 4.78 is 4.69. The van der Waals surface area contributed by atoms with Gasteiger partial charge >= 0.3 is 0 Å². The van der Waals surface area contributed by atoms with E-state index in [0.717, 1.165) is 5.69 Å². The molecule has 1 saturated carbocycles. The highest BCUT2D eigenvalue weighted by atomic mass is 16.5. The van der Waals surface area contributed by atoms with Gasteiger partial charge in [-0.1, -0.05) is 24.4 Å². The first kappa shape index (κ1) is 6.89.